The third-order valence-electron chi connectivity index (χ3n) is 11.7. The normalized spacial score (nSPS) is 18.2. The second-order valence-corrected chi connectivity index (χ2v) is 18.9. The van der Waals surface area contributed by atoms with Crippen molar-refractivity contribution in [3.63, 3.8) is 0 Å². The Labute approximate surface area is 394 Å². The molecule has 1 saturated heterocycles. The lowest BCUT2D eigenvalue weighted by molar-refractivity contribution is -0.146. The molecular weight excluding hydrogens is 873 g/mol. The van der Waals surface area contributed by atoms with Gasteiger partial charge in [-0.25, -0.2) is 4.79 Å². The molecule has 22 heteroatoms. The number of carboxylic acid groups (broad SMARTS) is 1. The van der Waals surface area contributed by atoms with E-state index in [1.165, 1.54) is 18.7 Å². The van der Waals surface area contributed by atoms with Gasteiger partial charge < -0.3 is 63.4 Å². The summed E-state index contributed by atoms with van der Waals surface area (Å²) in [5, 5.41) is 40.3. The maximum atomic E-state index is 13.9. The quantitative estimate of drug-likeness (QED) is 0.0439. The van der Waals surface area contributed by atoms with Crippen molar-refractivity contribution in [3.05, 3.63) is 0 Å². The van der Waals surface area contributed by atoms with Crippen LogP contribution in [-0.2, 0) is 47.9 Å². The Hall–Kier alpha value is -5.38. The van der Waals surface area contributed by atoms with E-state index in [-0.39, 0.29) is 37.1 Å². The van der Waals surface area contributed by atoms with Gasteiger partial charge in [0.25, 0.3) is 0 Å². The number of nitrogens with one attached hydrogen (secondary N) is 8. The van der Waals surface area contributed by atoms with Crippen molar-refractivity contribution in [2.45, 2.75) is 176 Å². The zero-order chi connectivity index (χ0) is 51.5. The van der Waals surface area contributed by atoms with Gasteiger partial charge in [0.2, 0.25) is 53.2 Å². The number of amides is 9. The van der Waals surface area contributed by atoms with Gasteiger partial charge in [-0.3, -0.25) is 43.2 Å². The van der Waals surface area contributed by atoms with Crippen LogP contribution in [0.1, 0.15) is 122 Å². The molecule has 0 aromatic heterocycles. The Morgan fingerprint density at radius 2 is 1.12 bits per heavy atom. The first-order valence-electron chi connectivity index (χ1n) is 23.5. The summed E-state index contributed by atoms with van der Waals surface area (Å²) in [6.45, 7) is 19.4. The second kappa shape index (κ2) is 28.7. The number of nitrogens with two attached hydrogens (primary N) is 1. The summed E-state index contributed by atoms with van der Waals surface area (Å²) in [7, 11) is 0. The molecule has 1 rings (SSSR count). The molecule has 9 amide bonds. The van der Waals surface area contributed by atoms with E-state index < -0.39 is 138 Å². The van der Waals surface area contributed by atoms with Crippen LogP contribution >= 0.6 is 0 Å². The number of hydrogen-bond donors (Lipinski definition) is 11. The number of aliphatic hydroxyl groups excluding tert-OH is 1. The molecule has 0 aliphatic carbocycles. The molecule has 0 saturated carbocycles. The topological polar surface area (TPSA) is 337 Å². The zero-order valence-electron chi connectivity index (χ0n) is 41.4. The van der Waals surface area contributed by atoms with Crippen molar-refractivity contribution in [1.29, 1.82) is 0 Å². The first-order valence-corrected chi connectivity index (χ1v) is 23.5. The fourth-order valence-electron chi connectivity index (χ4n) is 7.30. The summed E-state index contributed by atoms with van der Waals surface area (Å²) < 4.78 is 0. The molecule has 0 aromatic carbocycles. The fourth-order valence-corrected chi connectivity index (χ4v) is 7.30. The van der Waals surface area contributed by atoms with Crippen molar-refractivity contribution in [2.75, 3.05) is 19.6 Å². The Morgan fingerprint density at radius 1 is 0.597 bits per heavy atom. The van der Waals surface area contributed by atoms with E-state index in [0.29, 0.717) is 25.7 Å². The summed E-state index contributed by atoms with van der Waals surface area (Å²) in [5.74, 6) is -8.75. The largest absolute Gasteiger partial charge is 0.480 e. The lowest BCUT2D eigenvalue weighted by Crippen LogP contribution is -2.61. The minimum absolute atomic E-state index is 0.0150. The van der Waals surface area contributed by atoms with E-state index in [9.17, 15) is 58.2 Å². The van der Waals surface area contributed by atoms with Gasteiger partial charge in [0.15, 0.2) is 0 Å². The number of rotatable bonds is 28. The van der Waals surface area contributed by atoms with E-state index >= 15 is 0 Å². The van der Waals surface area contributed by atoms with Crippen molar-refractivity contribution in [2.24, 2.45) is 35.3 Å². The summed E-state index contributed by atoms with van der Waals surface area (Å²) in [6, 6.07) is -8.99. The standard InChI is InChI=1S/C45H80N10O12/c1-13-25(9)35(51-32(57)20-47-38(59)27(11)49-40(61)30(19-23(5)6)50-39(60)29(46)18-22(3)4)42(63)48-21-33(58)52-37(28(12)56)43(64)53-34(24(7)8)44(65)55-17-15-16-31(55)41(62)54-36(45(66)67)26(10)14-2/h22-31,34-37,56H,13-21,46H2,1-12H3,(H,47,59)(H,48,63)(H,49,61)(H,50,60)(H,51,57)(H,52,58)(H,53,64)(H,54,62)(H,66,67)/t25-,26-,27-,28+,29-,30-,31-,34-,35-,36-,37-/m0/s1. The molecule has 1 aliphatic rings. The van der Waals surface area contributed by atoms with Gasteiger partial charge in [0.1, 0.15) is 42.3 Å². The average molecular weight is 953 g/mol. The highest BCUT2D eigenvalue weighted by atomic mass is 16.4. The molecule has 1 aliphatic heterocycles. The number of nitrogens with zero attached hydrogens (tertiary/aromatic N) is 1. The molecule has 67 heavy (non-hydrogen) atoms. The maximum absolute atomic E-state index is 13.9. The summed E-state index contributed by atoms with van der Waals surface area (Å²) in [4.78, 5) is 132. The lowest BCUT2D eigenvalue weighted by atomic mass is 9.98. The smallest absolute Gasteiger partial charge is 0.326 e. The summed E-state index contributed by atoms with van der Waals surface area (Å²) >= 11 is 0. The van der Waals surface area contributed by atoms with E-state index in [0.717, 1.165) is 0 Å². The maximum Gasteiger partial charge on any atom is 0.326 e. The zero-order valence-corrected chi connectivity index (χ0v) is 41.4. The third-order valence-corrected chi connectivity index (χ3v) is 11.7. The Morgan fingerprint density at radius 3 is 1.61 bits per heavy atom. The van der Waals surface area contributed by atoms with Crippen LogP contribution < -0.4 is 48.3 Å². The molecule has 12 N–H and O–H groups in total. The molecule has 1 heterocycles. The van der Waals surface area contributed by atoms with Gasteiger partial charge in [0.05, 0.1) is 25.2 Å². The molecular formula is C45H80N10O12. The number of aliphatic hydroxyl groups is 1. The Balaban J connectivity index is 2.92. The SMILES string of the molecule is CC[C@H](C)[C@H](NC(=O)[C@@H]1CCCN1C(=O)[C@@H](NC(=O)[C@@H](NC(=O)CNC(=O)[C@@H](NC(=O)CNC(=O)[C@H](C)NC(=O)[C@H](CC(C)C)NC(=O)[C@@H](N)CC(C)C)[C@@H](C)CC)[C@@H](C)O)C(C)C)C(=O)O. The van der Waals surface area contributed by atoms with Gasteiger partial charge in [-0.1, -0.05) is 82.1 Å². The highest BCUT2D eigenvalue weighted by Crippen LogP contribution is 2.22. The first-order chi connectivity index (χ1) is 31.2. The molecule has 11 atom stereocenters. The molecule has 22 nitrogen and oxygen atoms in total. The van der Waals surface area contributed by atoms with Crippen molar-refractivity contribution in [3.8, 4) is 0 Å². The Kier molecular flexibility index (Phi) is 25.6. The van der Waals surface area contributed by atoms with E-state index in [2.05, 4.69) is 42.5 Å². The van der Waals surface area contributed by atoms with Crippen LogP contribution in [0.2, 0.25) is 0 Å². The monoisotopic (exact) mass is 953 g/mol. The van der Waals surface area contributed by atoms with Gasteiger partial charge in [-0.15, -0.1) is 0 Å². The molecule has 0 bridgehead atoms. The van der Waals surface area contributed by atoms with Crippen LogP contribution in [0.3, 0.4) is 0 Å². The van der Waals surface area contributed by atoms with Crippen molar-refractivity contribution >= 4 is 59.1 Å². The number of carbonyl (C=O) groups is 10. The number of carbonyl (C=O) groups excluding carboxylic acids is 9. The minimum atomic E-state index is -1.59. The molecule has 0 radical (unpaired) electrons. The predicted molar refractivity (Wildman–Crippen MR) is 248 cm³/mol. The molecule has 0 unspecified atom stereocenters. The number of likely N-dealkylation sites (tertiary alicyclic amines) is 1. The van der Waals surface area contributed by atoms with Crippen LogP contribution in [0.25, 0.3) is 0 Å². The summed E-state index contributed by atoms with van der Waals surface area (Å²) in [6.07, 6.45) is 0.866. The van der Waals surface area contributed by atoms with Crippen molar-refractivity contribution in [1.82, 2.24) is 47.4 Å². The Bertz CT molecular complexity index is 1730. The molecule has 382 valence electrons. The van der Waals surface area contributed by atoms with Crippen LogP contribution in [0, 0.1) is 29.6 Å². The highest BCUT2D eigenvalue weighted by molar-refractivity contribution is 5.97. The molecule has 1 fully saturated rings. The second-order valence-electron chi connectivity index (χ2n) is 18.9. The van der Waals surface area contributed by atoms with Gasteiger partial charge >= 0.3 is 5.97 Å². The van der Waals surface area contributed by atoms with Gasteiger partial charge in [-0.05, 0) is 69.1 Å². The minimum Gasteiger partial charge on any atom is -0.480 e. The van der Waals surface area contributed by atoms with Crippen LogP contribution in [0.15, 0.2) is 0 Å². The number of carboxylic acids is 1. The average Bonchev–Trinajstić information content (AvgIpc) is 3.75. The van der Waals surface area contributed by atoms with Crippen LogP contribution in [0.4, 0.5) is 0 Å². The highest BCUT2D eigenvalue weighted by Gasteiger charge is 2.41. The third kappa shape index (κ3) is 19.8. The van der Waals surface area contributed by atoms with Gasteiger partial charge in [0, 0.05) is 6.54 Å². The first kappa shape index (κ1) is 59.6. The van der Waals surface area contributed by atoms with Crippen molar-refractivity contribution < 1.29 is 58.2 Å². The number of aliphatic carboxylic acids is 1. The van der Waals surface area contributed by atoms with Crippen LogP contribution in [-0.4, -0.2) is 148 Å². The fraction of sp³-hybridized carbons (Fsp3) is 0.778. The summed E-state index contributed by atoms with van der Waals surface area (Å²) in [5.41, 5.74) is 6.00. The molecule has 0 aromatic rings. The van der Waals surface area contributed by atoms with Crippen LogP contribution in [0.5, 0.6) is 0 Å². The lowest BCUT2D eigenvalue weighted by Gasteiger charge is -2.32. The van der Waals surface area contributed by atoms with E-state index in [1.807, 2.05) is 27.7 Å². The molecule has 0 spiro atoms. The van der Waals surface area contributed by atoms with E-state index in [4.69, 9.17) is 5.73 Å². The predicted octanol–water partition coefficient (Wildman–Crippen LogP) is -1.23. The number of hydrogen-bond acceptors (Lipinski definition) is 12. The van der Waals surface area contributed by atoms with Gasteiger partial charge in [-0.2, -0.15) is 0 Å². The van der Waals surface area contributed by atoms with E-state index in [1.54, 1.807) is 41.5 Å².